The van der Waals surface area contributed by atoms with E-state index < -0.39 is 0 Å². The van der Waals surface area contributed by atoms with Crippen LogP contribution in [-0.2, 0) is 0 Å². The van der Waals surface area contributed by atoms with Crippen molar-refractivity contribution in [1.29, 1.82) is 0 Å². The molecule has 0 aliphatic heterocycles. The van der Waals surface area contributed by atoms with E-state index in [0.29, 0.717) is 5.92 Å². The van der Waals surface area contributed by atoms with Crippen LogP contribution in [0.2, 0.25) is 0 Å². The fraction of sp³-hybridized carbons (Fsp3) is 0.769. The van der Waals surface area contributed by atoms with Gasteiger partial charge in [-0.1, -0.05) is 19.3 Å². The van der Waals surface area contributed by atoms with Crippen LogP contribution in [0.1, 0.15) is 56.4 Å². The van der Waals surface area contributed by atoms with Crippen LogP contribution in [0.3, 0.4) is 0 Å². The predicted octanol–water partition coefficient (Wildman–Crippen LogP) is 3.59. The van der Waals surface area contributed by atoms with Gasteiger partial charge in [-0.25, -0.2) is 0 Å². The maximum absolute atomic E-state index is 5.95. The Morgan fingerprint density at radius 2 is 1.94 bits per heavy atom. The van der Waals surface area contributed by atoms with Crippen LogP contribution in [0.25, 0.3) is 0 Å². The van der Waals surface area contributed by atoms with E-state index in [1.807, 2.05) is 0 Å². The second-order valence-electron chi connectivity index (χ2n) is 5.47. The lowest BCUT2D eigenvalue weighted by Gasteiger charge is -2.22. The highest BCUT2D eigenvalue weighted by atomic mass is 32.1. The largest absolute Gasteiger partial charge is 0.383 e. The van der Waals surface area contributed by atoms with E-state index in [-0.39, 0.29) is 0 Å². The molecule has 3 rings (SSSR count). The first kappa shape index (κ1) is 11.3. The first-order chi connectivity index (χ1) is 8.34. The maximum atomic E-state index is 5.95. The van der Waals surface area contributed by atoms with Crippen molar-refractivity contribution in [3.05, 3.63) is 5.56 Å². The molecule has 4 heteroatoms. The highest BCUT2D eigenvalue weighted by Crippen LogP contribution is 2.47. The zero-order valence-electron chi connectivity index (χ0n) is 10.2. The molecule has 0 aromatic carbocycles. The molecule has 0 unspecified atom stereocenters. The zero-order chi connectivity index (χ0) is 11.7. The molecule has 0 atom stereocenters. The zero-order valence-corrected chi connectivity index (χ0v) is 11.1. The van der Waals surface area contributed by atoms with Gasteiger partial charge in [-0.15, -0.1) is 0 Å². The Bertz CT molecular complexity index is 378. The second-order valence-corrected chi connectivity index (χ2v) is 6.24. The second kappa shape index (κ2) is 4.84. The van der Waals surface area contributed by atoms with Crippen molar-refractivity contribution in [3.8, 4) is 0 Å². The number of rotatable bonds is 4. The molecule has 3 nitrogen and oxygen atoms in total. The molecule has 2 aliphatic carbocycles. The number of hydrogen-bond donors (Lipinski definition) is 2. The number of nitrogens with two attached hydrogens (primary N) is 1. The highest BCUT2D eigenvalue weighted by Gasteiger charge is 2.30. The van der Waals surface area contributed by atoms with Crippen molar-refractivity contribution in [2.45, 2.75) is 50.9 Å². The van der Waals surface area contributed by atoms with Gasteiger partial charge < -0.3 is 11.1 Å². The Balaban J connectivity index is 1.60. The summed E-state index contributed by atoms with van der Waals surface area (Å²) in [4.78, 5) is 0. The van der Waals surface area contributed by atoms with Crippen LogP contribution in [0.4, 0.5) is 10.8 Å². The van der Waals surface area contributed by atoms with E-state index in [0.717, 1.165) is 18.3 Å². The molecule has 1 aromatic rings. The molecule has 94 valence electrons. The third kappa shape index (κ3) is 2.57. The molecule has 2 fully saturated rings. The van der Waals surface area contributed by atoms with Gasteiger partial charge in [-0.05, 0) is 49.1 Å². The van der Waals surface area contributed by atoms with Gasteiger partial charge in [0.25, 0.3) is 0 Å². The third-order valence-corrected chi connectivity index (χ3v) is 4.85. The van der Waals surface area contributed by atoms with E-state index in [9.17, 15) is 0 Å². The van der Waals surface area contributed by atoms with E-state index >= 15 is 0 Å². The minimum Gasteiger partial charge on any atom is -0.383 e. The predicted molar refractivity (Wildman–Crippen MR) is 73.6 cm³/mol. The van der Waals surface area contributed by atoms with Gasteiger partial charge in [0.15, 0.2) is 0 Å². The van der Waals surface area contributed by atoms with Crippen LogP contribution < -0.4 is 11.1 Å². The molecule has 0 amide bonds. The summed E-state index contributed by atoms with van der Waals surface area (Å²) >= 11 is 1.55. The Morgan fingerprint density at radius 1 is 1.18 bits per heavy atom. The first-order valence-electron chi connectivity index (χ1n) is 6.83. The molecule has 3 N–H and O–H groups in total. The van der Waals surface area contributed by atoms with Crippen LogP contribution >= 0.6 is 11.5 Å². The van der Waals surface area contributed by atoms with E-state index in [4.69, 9.17) is 5.73 Å². The first-order valence-corrected chi connectivity index (χ1v) is 7.61. The minimum absolute atomic E-state index is 0.697. The molecule has 1 aromatic heterocycles. The Hall–Kier alpha value is -0.770. The summed E-state index contributed by atoms with van der Waals surface area (Å²) in [6.45, 7) is 1.11. The number of nitrogen functional groups attached to an aromatic ring is 1. The van der Waals surface area contributed by atoms with Crippen molar-refractivity contribution in [3.63, 3.8) is 0 Å². The third-order valence-electron chi connectivity index (χ3n) is 4.02. The van der Waals surface area contributed by atoms with Gasteiger partial charge in [0.05, 0.1) is 0 Å². The van der Waals surface area contributed by atoms with Gasteiger partial charge in [0.2, 0.25) is 0 Å². The van der Waals surface area contributed by atoms with Crippen molar-refractivity contribution in [2.75, 3.05) is 17.6 Å². The molecule has 0 bridgehead atoms. The summed E-state index contributed by atoms with van der Waals surface area (Å²) in [7, 11) is 0. The number of aromatic nitrogens is 1. The number of hydrogen-bond acceptors (Lipinski definition) is 4. The molecule has 17 heavy (non-hydrogen) atoms. The van der Waals surface area contributed by atoms with Crippen LogP contribution in [0.15, 0.2) is 0 Å². The summed E-state index contributed by atoms with van der Waals surface area (Å²) in [5, 5.41) is 4.85. The normalized spacial score (nSPS) is 21.6. The van der Waals surface area contributed by atoms with Crippen molar-refractivity contribution in [1.82, 2.24) is 4.37 Å². The molecule has 0 spiro atoms. The fourth-order valence-electron chi connectivity index (χ4n) is 2.83. The van der Waals surface area contributed by atoms with Crippen LogP contribution in [0, 0.1) is 5.92 Å². The summed E-state index contributed by atoms with van der Waals surface area (Å²) in [6.07, 6.45) is 9.61. The molecule has 0 radical (unpaired) electrons. The maximum Gasteiger partial charge on any atom is 0.142 e. The number of nitrogens with zero attached hydrogens (tertiary/aromatic N) is 1. The average molecular weight is 251 g/mol. The Kier molecular flexibility index (Phi) is 3.23. The van der Waals surface area contributed by atoms with Gasteiger partial charge >= 0.3 is 0 Å². The van der Waals surface area contributed by atoms with Crippen LogP contribution in [0.5, 0.6) is 0 Å². The number of nitrogens with one attached hydrogen (secondary N) is 1. The van der Waals surface area contributed by atoms with Gasteiger partial charge in [0, 0.05) is 12.1 Å². The lowest BCUT2D eigenvalue weighted by molar-refractivity contribution is 0.373. The van der Waals surface area contributed by atoms with E-state index in [2.05, 4.69) is 9.69 Å². The van der Waals surface area contributed by atoms with Gasteiger partial charge in [-0.2, -0.15) is 4.37 Å². The average Bonchev–Trinajstić information content (AvgIpc) is 3.12. The smallest absolute Gasteiger partial charge is 0.142 e. The highest BCUT2D eigenvalue weighted by molar-refractivity contribution is 7.10. The molecule has 1 heterocycles. The van der Waals surface area contributed by atoms with Crippen molar-refractivity contribution >= 4 is 22.4 Å². The topological polar surface area (TPSA) is 50.9 Å². The number of anilines is 2. The SMILES string of the molecule is Nc1nsc(NCC2CCCCC2)c1C1CC1. The monoisotopic (exact) mass is 251 g/mol. The quantitative estimate of drug-likeness (QED) is 0.859. The molecular formula is C13H21N3S. The standard InChI is InChI=1S/C13H21N3S/c14-12-11(10-6-7-10)13(17-16-12)15-8-9-4-2-1-3-5-9/h9-10,15H,1-8H2,(H2,14,16). The lowest BCUT2D eigenvalue weighted by Crippen LogP contribution is -2.17. The van der Waals surface area contributed by atoms with Gasteiger partial charge in [0.1, 0.15) is 10.8 Å². The molecule has 0 saturated heterocycles. The Morgan fingerprint density at radius 3 is 2.65 bits per heavy atom. The van der Waals surface area contributed by atoms with Crippen LogP contribution in [-0.4, -0.2) is 10.9 Å². The van der Waals surface area contributed by atoms with Crippen molar-refractivity contribution in [2.24, 2.45) is 5.92 Å². The van der Waals surface area contributed by atoms with Gasteiger partial charge in [-0.3, -0.25) is 0 Å². The summed E-state index contributed by atoms with van der Waals surface area (Å²) in [5.74, 6) is 2.32. The van der Waals surface area contributed by atoms with E-state index in [1.54, 1.807) is 11.5 Å². The summed E-state index contributed by atoms with van der Waals surface area (Å²) < 4.78 is 4.30. The Labute approximate surface area is 107 Å². The minimum atomic E-state index is 0.697. The molecule has 2 saturated carbocycles. The summed E-state index contributed by atoms with van der Waals surface area (Å²) in [6, 6.07) is 0. The molecular weight excluding hydrogens is 230 g/mol. The molecule has 2 aliphatic rings. The van der Waals surface area contributed by atoms with Crippen molar-refractivity contribution < 1.29 is 0 Å². The lowest BCUT2D eigenvalue weighted by atomic mass is 9.89. The summed E-state index contributed by atoms with van der Waals surface area (Å²) in [5.41, 5.74) is 7.26. The fourth-order valence-corrected chi connectivity index (χ4v) is 3.64. The van der Waals surface area contributed by atoms with E-state index in [1.165, 1.54) is 55.5 Å².